The molecule has 3 N–H and O–H groups in total. The standard InChI is InChI=1S/C23H22FN5O/c1-26-18-7-3-6-14-15(18)9-19-20(14)22(29-10-16-17(11-29)21(16)25)28-23(27-19)30-13-5-2-4-12(24)8-13/h2-8,16-17,21,26H,9-11,25H2,1H3. The van der Waals surface area contributed by atoms with Crippen LogP contribution in [0.25, 0.3) is 11.1 Å². The largest absolute Gasteiger partial charge is 0.424 e. The van der Waals surface area contributed by atoms with Crippen molar-refractivity contribution in [2.24, 2.45) is 17.6 Å². The van der Waals surface area contributed by atoms with Crippen LogP contribution >= 0.6 is 0 Å². The number of hydrogen-bond donors (Lipinski definition) is 2. The highest BCUT2D eigenvalue weighted by Gasteiger charge is 2.54. The quantitative estimate of drug-likeness (QED) is 0.544. The molecule has 0 spiro atoms. The van der Waals surface area contributed by atoms with E-state index in [-0.39, 0.29) is 11.8 Å². The van der Waals surface area contributed by atoms with Crippen molar-refractivity contribution in [1.29, 1.82) is 0 Å². The number of fused-ring (bicyclic) bond motifs is 4. The maximum Gasteiger partial charge on any atom is 0.324 e. The molecule has 0 bridgehead atoms. The molecule has 2 fully saturated rings. The first-order chi connectivity index (χ1) is 14.6. The molecule has 2 heterocycles. The lowest BCUT2D eigenvalue weighted by Gasteiger charge is -2.23. The number of benzene rings is 2. The number of nitrogens with one attached hydrogen (secondary N) is 1. The second-order valence-corrected chi connectivity index (χ2v) is 8.28. The molecule has 0 radical (unpaired) electrons. The molecular formula is C23H22FN5O. The minimum atomic E-state index is -0.353. The Bertz CT molecular complexity index is 1150. The van der Waals surface area contributed by atoms with Gasteiger partial charge in [-0.05, 0) is 41.2 Å². The minimum Gasteiger partial charge on any atom is -0.424 e. The van der Waals surface area contributed by atoms with Gasteiger partial charge in [-0.25, -0.2) is 4.39 Å². The van der Waals surface area contributed by atoms with Crippen molar-refractivity contribution in [1.82, 2.24) is 9.97 Å². The lowest BCUT2D eigenvalue weighted by Crippen LogP contribution is -2.29. The molecular weight excluding hydrogens is 381 g/mol. The number of rotatable bonds is 4. The van der Waals surface area contributed by atoms with Gasteiger partial charge in [-0.3, -0.25) is 0 Å². The third kappa shape index (κ3) is 2.65. The smallest absolute Gasteiger partial charge is 0.324 e. The van der Waals surface area contributed by atoms with E-state index in [4.69, 9.17) is 20.4 Å². The zero-order valence-corrected chi connectivity index (χ0v) is 16.6. The van der Waals surface area contributed by atoms with E-state index in [1.807, 2.05) is 7.05 Å². The summed E-state index contributed by atoms with van der Waals surface area (Å²) in [6.07, 6.45) is 0.705. The van der Waals surface area contributed by atoms with Gasteiger partial charge in [-0.1, -0.05) is 18.2 Å². The molecule has 30 heavy (non-hydrogen) atoms. The lowest BCUT2D eigenvalue weighted by atomic mass is 10.1. The van der Waals surface area contributed by atoms with Gasteiger partial charge in [0, 0.05) is 49.9 Å². The number of halogens is 1. The Morgan fingerprint density at radius 3 is 2.70 bits per heavy atom. The summed E-state index contributed by atoms with van der Waals surface area (Å²) < 4.78 is 19.5. The molecule has 7 heteroatoms. The Kier molecular flexibility index (Phi) is 3.77. The molecule has 1 saturated carbocycles. The van der Waals surface area contributed by atoms with Gasteiger partial charge in [0.1, 0.15) is 17.4 Å². The van der Waals surface area contributed by atoms with Gasteiger partial charge in [0.25, 0.3) is 0 Å². The zero-order chi connectivity index (χ0) is 20.4. The molecule has 2 aromatic carbocycles. The second kappa shape index (κ2) is 6.40. The van der Waals surface area contributed by atoms with E-state index in [1.54, 1.807) is 12.1 Å². The average Bonchev–Trinajstić information content (AvgIpc) is 3.11. The maximum atomic E-state index is 13.6. The summed E-state index contributed by atoms with van der Waals surface area (Å²) in [5.41, 5.74) is 11.6. The van der Waals surface area contributed by atoms with Crippen molar-refractivity contribution in [3.8, 4) is 22.9 Å². The molecule has 6 rings (SSSR count). The van der Waals surface area contributed by atoms with Gasteiger partial charge < -0.3 is 20.7 Å². The first-order valence-electron chi connectivity index (χ1n) is 10.3. The number of anilines is 2. The molecule has 1 aromatic heterocycles. The van der Waals surface area contributed by atoms with Crippen LogP contribution in [-0.4, -0.2) is 36.1 Å². The van der Waals surface area contributed by atoms with Crippen LogP contribution in [0.4, 0.5) is 15.9 Å². The van der Waals surface area contributed by atoms with E-state index in [0.29, 0.717) is 30.0 Å². The maximum absolute atomic E-state index is 13.6. The molecule has 152 valence electrons. The number of ether oxygens (including phenoxy) is 1. The fraction of sp³-hybridized carbons (Fsp3) is 0.304. The van der Waals surface area contributed by atoms with E-state index in [9.17, 15) is 4.39 Å². The number of nitrogens with two attached hydrogens (primary N) is 1. The first-order valence-corrected chi connectivity index (χ1v) is 10.3. The van der Waals surface area contributed by atoms with Crippen LogP contribution in [0.2, 0.25) is 0 Å². The summed E-state index contributed by atoms with van der Waals surface area (Å²) in [5, 5.41) is 3.28. The van der Waals surface area contributed by atoms with Crippen molar-refractivity contribution in [2.75, 3.05) is 30.4 Å². The first kappa shape index (κ1) is 17.7. The Balaban J connectivity index is 1.45. The van der Waals surface area contributed by atoms with E-state index >= 15 is 0 Å². The van der Waals surface area contributed by atoms with Crippen LogP contribution in [0.3, 0.4) is 0 Å². The summed E-state index contributed by atoms with van der Waals surface area (Å²) in [5.74, 6) is 1.99. The van der Waals surface area contributed by atoms with Crippen LogP contribution in [0.5, 0.6) is 11.8 Å². The van der Waals surface area contributed by atoms with Gasteiger partial charge in [0.15, 0.2) is 0 Å². The number of nitrogens with zero attached hydrogens (tertiary/aromatic N) is 3. The van der Waals surface area contributed by atoms with Gasteiger partial charge in [-0.15, -0.1) is 0 Å². The molecule has 3 aliphatic rings. The molecule has 1 saturated heterocycles. The van der Waals surface area contributed by atoms with Crippen LogP contribution in [0.1, 0.15) is 11.3 Å². The molecule has 2 unspecified atom stereocenters. The fourth-order valence-electron chi connectivity index (χ4n) is 4.94. The van der Waals surface area contributed by atoms with Gasteiger partial charge in [0.05, 0.1) is 5.69 Å². The minimum absolute atomic E-state index is 0.248. The summed E-state index contributed by atoms with van der Waals surface area (Å²) in [6, 6.07) is 12.9. The monoisotopic (exact) mass is 403 g/mol. The Morgan fingerprint density at radius 2 is 1.93 bits per heavy atom. The fourth-order valence-corrected chi connectivity index (χ4v) is 4.94. The van der Waals surface area contributed by atoms with Crippen molar-refractivity contribution in [3.63, 3.8) is 0 Å². The number of hydrogen-bond acceptors (Lipinski definition) is 6. The molecule has 1 aliphatic heterocycles. The van der Waals surface area contributed by atoms with Gasteiger partial charge in [-0.2, -0.15) is 9.97 Å². The highest BCUT2D eigenvalue weighted by Crippen LogP contribution is 2.50. The van der Waals surface area contributed by atoms with Crippen LogP contribution in [0.15, 0.2) is 42.5 Å². The zero-order valence-electron chi connectivity index (χ0n) is 16.6. The van der Waals surface area contributed by atoms with Crippen molar-refractivity contribution >= 4 is 11.5 Å². The summed E-state index contributed by atoms with van der Waals surface area (Å²) >= 11 is 0. The summed E-state index contributed by atoms with van der Waals surface area (Å²) in [7, 11) is 1.93. The third-order valence-corrected chi connectivity index (χ3v) is 6.57. The predicted molar refractivity (Wildman–Crippen MR) is 113 cm³/mol. The highest BCUT2D eigenvalue weighted by molar-refractivity contribution is 5.88. The van der Waals surface area contributed by atoms with Gasteiger partial charge >= 0.3 is 6.01 Å². The van der Waals surface area contributed by atoms with Crippen LogP contribution < -0.4 is 20.7 Å². The topological polar surface area (TPSA) is 76.3 Å². The van der Waals surface area contributed by atoms with Gasteiger partial charge in [0.2, 0.25) is 0 Å². The van der Waals surface area contributed by atoms with Crippen LogP contribution in [-0.2, 0) is 6.42 Å². The van der Waals surface area contributed by atoms with E-state index < -0.39 is 0 Å². The highest BCUT2D eigenvalue weighted by atomic mass is 19.1. The Labute approximate surface area is 173 Å². The third-order valence-electron chi connectivity index (χ3n) is 6.57. The molecule has 2 atom stereocenters. The van der Waals surface area contributed by atoms with E-state index in [0.717, 1.165) is 41.4 Å². The SMILES string of the molecule is CNc1cccc2c1Cc1nc(Oc3cccc(F)c3)nc(N3CC4C(N)C4C3)c1-2. The van der Waals surface area contributed by atoms with E-state index in [2.05, 4.69) is 28.4 Å². The van der Waals surface area contributed by atoms with Crippen molar-refractivity contribution in [3.05, 3.63) is 59.5 Å². The summed E-state index contributed by atoms with van der Waals surface area (Å²) in [4.78, 5) is 11.8. The molecule has 0 amide bonds. The lowest BCUT2D eigenvalue weighted by molar-refractivity contribution is 0.436. The number of aromatic nitrogens is 2. The second-order valence-electron chi connectivity index (χ2n) is 8.28. The normalized spacial score (nSPS) is 23.0. The average molecular weight is 403 g/mol. The Morgan fingerprint density at radius 1 is 1.13 bits per heavy atom. The van der Waals surface area contributed by atoms with Crippen molar-refractivity contribution < 1.29 is 9.13 Å². The number of piperidine rings is 1. The van der Waals surface area contributed by atoms with Crippen molar-refractivity contribution in [2.45, 2.75) is 12.5 Å². The molecule has 3 aromatic rings. The molecule has 2 aliphatic carbocycles. The van der Waals surface area contributed by atoms with Crippen LogP contribution in [0, 0.1) is 17.7 Å². The Hall–Kier alpha value is -3.19. The molecule has 6 nitrogen and oxygen atoms in total. The van der Waals surface area contributed by atoms with E-state index in [1.165, 1.54) is 17.7 Å². The summed E-state index contributed by atoms with van der Waals surface area (Å²) in [6.45, 7) is 1.80. The predicted octanol–water partition coefficient (Wildman–Crippen LogP) is 3.41.